The third-order valence-electron chi connectivity index (χ3n) is 4.22. The lowest BCUT2D eigenvalue weighted by atomic mass is 10.2. The number of amides is 1. The molecular formula is C22H15Br2Cl2FN2O3. The second kappa shape index (κ2) is 11.1. The summed E-state index contributed by atoms with van der Waals surface area (Å²) in [6.45, 7) is 0.236. The number of nitrogens with one attached hydrogen (secondary N) is 1. The third kappa shape index (κ3) is 6.01. The van der Waals surface area contributed by atoms with Crippen LogP contribution in [0.1, 0.15) is 21.5 Å². The predicted molar refractivity (Wildman–Crippen MR) is 131 cm³/mol. The summed E-state index contributed by atoms with van der Waals surface area (Å²) in [7, 11) is 1.51. The molecule has 0 fully saturated rings. The van der Waals surface area contributed by atoms with Gasteiger partial charge in [0, 0.05) is 15.6 Å². The Bertz CT molecular complexity index is 1170. The number of methoxy groups -OCH3 is 1. The molecule has 3 rings (SSSR count). The summed E-state index contributed by atoms with van der Waals surface area (Å²) in [5, 5.41) is 4.87. The maximum atomic E-state index is 13.0. The molecule has 5 nitrogen and oxygen atoms in total. The van der Waals surface area contributed by atoms with Crippen LogP contribution in [0.15, 0.2) is 62.6 Å². The van der Waals surface area contributed by atoms with Crippen LogP contribution in [0.5, 0.6) is 11.5 Å². The number of benzene rings is 3. The molecule has 1 N–H and O–H groups in total. The van der Waals surface area contributed by atoms with E-state index >= 15 is 0 Å². The highest BCUT2D eigenvalue weighted by Gasteiger charge is 2.17. The maximum absolute atomic E-state index is 13.0. The van der Waals surface area contributed by atoms with Crippen LogP contribution in [0.25, 0.3) is 0 Å². The molecule has 3 aromatic carbocycles. The molecule has 0 aliphatic heterocycles. The summed E-state index contributed by atoms with van der Waals surface area (Å²) in [4.78, 5) is 12.1. The first-order chi connectivity index (χ1) is 15.3. The van der Waals surface area contributed by atoms with E-state index < -0.39 is 11.7 Å². The summed E-state index contributed by atoms with van der Waals surface area (Å²) in [6, 6.07) is 12.1. The van der Waals surface area contributed by atoms with Gasteiger partial charge >= 0.3 is 0 Å². The Morgan fingerprint density at radius 3 is 2.47 bits per heavy atom. The van der Waals surface area contributed by atoms with E-state index in [1.165, 1.54) is 37.6 Å². The molecule has 10 heteroatoms. The first-order valence-corrected chi connectivity index (χ1v) is 11.4. The Labute approximate surface area is 210 Å². The molecular weight excluding hydrogens is 590 g/mol. The van der Waals surface area contributed by atoms with E-state index in [0.717, 1.165) is 5.56 Å². The zero-order valence-electron chi connectivity index (χ0n) is 16.5. The van der Waals surface area contributed by atoms with Crippen molar-refractivity contribution in [3.8, 4) is 11.5 Å². The summed E-state index contributed by atoms with van der Waals surface area (Å²) >= 11 is 19.0. The molecule has 0 aliphatic rings. The number of nitrogens with zero attached hydrogens (tertiary/aromatic N) is 1. The first-order valence-electron chi connectivity index (χ1n) is 9.01. The number of halogens is 5. The number of rotatable bonds is 7. The van der Waals surface area contributed by atoms with E-state index in [0.29, 0.717) is 36.1 Å². The highest BCUT2D eigenvalue weighted by atomic mass is 79.9. The molecule has 32 heavy (non-hydrogen) atoms. The number of hydrazone groups is 1. The number of carbonyl (C=O) groups is 1. The van der Waals surface area contributed by atoms with Gasteiger partial charge in [0.05, 0.1) is 27.8 Å². The fourth-order valence-corrected chi connectivity index (χ4v) is 3.85. The molecule has 3 aromatic rings. The minimum absolute atomic E-state index is 0.236. The van der Waals surface area contributed by atoms with Crippen molar-refractivity contribution in [1.29, 1.82) is 0 Å². The van der Waals surface area contributed by atoms with E-state index in [-0.39, 0.29) is 12.2 Å². The highest BCUT2D eigenvalue weighted by Crippen LogP contribution is 2.42. The predicted octanol–water partition coefficient (Wildman–Crippen LogP) is 7.01. The minimum atomic E-state index is -0.468. The van der Waals surface area contributed by atoms with Gasteiger partial charge in [0.1, 0.15) is 12.4 Å². The Hall–Kier alpha value is -2.13. The molecule has 0 saturated carbocycles. The summed E-state index contributed by atoms with van der Waals surface area (Å²) in [5.74, 6) is 0.0294. The zero-order valence-corrected chi connectivity index (χ0v) is 21.1. The van der Waals surface area contributed by atoms with Crippen LogP contribution in [0.4, 0.5) is 4.39 Å². The molecule has 0 spiro atoms. The van der Waals surface area contributed by atoms with Crippen molar-refractivity contribution in [1.82, 2.24) is 5.43 Å². The number of hydrogen-bond acceptors (Lipinski definition) is 4. The second-order valence-electron chi connectivity index (χ2n) is 6.37. The lowest BCUT2D eigenvalue weighted by Gasteiger charge is -2.15. The van der Waals surface area contributed by atoms with Crippen molar-refractivity contribution >= 4 is 67.2 Å². The van der Waals surface area contributed by atoms with Crippen molar-refractivity contribution in [3.63, 3.8) is 0 Å². The third-order valence-corrected chi connectivity index (χ3v) is 7.10. The summed E-state index contributed by atoms with van der Waals surface area (Å²) in [5.41, 5.74) is 4.14. The van der Waals surface area contributed by atoms with E-state index in [1.54, 1.807) is 18.2 Å². The molecule has 0 aliphatic carbocycles. The molecule has 0 atom stereocenters. The van der Waals surface area contributed by atoms with E-state index in [2.05, 4.69) is 42.4 Å². The summed E-state index contributed by atoms with van der Waals surface area (Å²) < 4.78 is 25.6. The molecule has 0 radical (unpaired) electrons. The smallest absolute Gasteiger partial charge is 0.271 e. The molecule has 0 bridgehead atoms. The van der Waals surface area contributed by atoms with Crippen LogP contribution in [0, 0.1) is 5.82 Å². The Balaban J connectivity index is 1.76. The normalized spacial score (nSPS) is 10.9. The number of ether oxygens (including phenoxy) is 2. The van der Waals surface area contributed by atoms with Gasteiger partial charge in [0.2, 0.25) is 0 Å². The van der Waals surface area contributed by atoms with Crippen molar-refractivity contribution in [2.45, 2.75) is 6.61 Å². The SMILES string of the molecule is COc1cc(/C=N\NC(=O)c2ccc(F)cc2)c(Br)c(Br)c1OCc1ccc(Cl)c(Cl)c1. The Morgan fingerprint density at radius 2 is 1.81 bits per heavy atom. The van der Waals surface area contributed by atoms with Crippen LogP contribution in [0.3, 0.4) is 0 Å². The van der Waals surface area contributed by atoms with Crippen LogP contribution in [-0.2, 0) is 6.61 Å². The first kappa shape index (κ1) is 24.5. The molecule has 0 aromatic heterocycles. The quantitative estimate of drug-likeness (QED) is 0.233. The average molecular weight is 605 g/mol. The molecule has 0 heterocycles. The van der Waals surface area contributed by atoms with Gasteiger partial charge in [-0.05, 0) is 79.9 Å². The Kier molecular flexibility index (Phi) is 8.53. The van der Waals surface area contributed by atoms with Crippen LogP contribution in [-0.4, -0.2) is 19.2 Å². The monoisotopic (exact) mass is 602 g/mol. The maximum Gasteiger partial charge on any atom is 0.271 e. The van der Waals surface area contributed by atoms with Crippen LogP contribution < -0.4 is 14.9 Å². The van der Waals surface area contributed by atoms with Crippen molar-refractivity contribution in [3.05, 3.63) is 90.0 Å². The van der Waals surface area contributed by atoms with E-state index in [9.17, 15) is 9.18 Å². The van der Waals surface area contributed by atoms with Crippen LogP contribution >= 0.6 is 55.1 Å². The van der Waals surface area contributed by atoms with Crippen molar-refractivity contribution < 1.29 is 18.7 Å². The highest BCUT2D eigenvalue weighted by molar-refractivity contribution is 9.13. The Morgan fingerprint density at radius 1 is 1.09 bits per heavy atom. The van der Waals surface area contributed by atoms with Gasteiger partial charge in [-0.25, -0.2) is 9.82 Å². The van der Waals surface area contributed by atoms with Gasteiger partial charge in [-0.15, -0.1) is 0 Å². The standard InChI is InChI=1S/C22H15Br2Cl2FN2O3/c1-31-18-9-14(10-28-29-22(30)13-3-5-15(27)6-4-13)19(23)20(24)21(18)32-11-12-2-7-16(25)17(26)8-12/h2-10H,11H2,1H3,(H,29,30)/b28-10-. The van der Waals surface area contributed by atoms with Crippen molar-refractivity contribution in [2.24, 2.45) is 5.10 Å². The number of hydrogen-bond donors (Lipinski definition) is 1. The van der Waals surface area contributed by atoms with Gasteiger partial charge in [-0.1, -0.05) is 29.3 Å². The van der Waals surface area contributed by atoms with E-state index in [1.807, 2.05) is 6.07 Å². The average Bonchev–Trinajstić information content (AvgIpc) is 2.78. The van der Waals surface area contributed by atoms with Gasteiger partial charge in [0.25, 0.3) is 5.91 Å². The summed E-state index contributed by atoms with van der Waals surface area (Å²) in [6.07, 6.45) is 1.45. The number of carbonyl (C=O) groups excluding carboxylic acids is 1. The fourth-order valence-electron chi connectivity index (χ4n) is 2.60. The van der Waals surface area contributed by atoms with Gasteiger partial charge in [-0.3, -0.25) is 4.79 Å². The van der Waals surface area contributed by atoms with Gasteiger partial charge < -0.3 is 9.47 Å². The van der Waals surface area contributed by atoms with Crippen LogP contribution in [0.2, 0.25) is 10.0 Å². The fraction of sp³-hybridized carbons (Fsp3) is 0.0909. The minimum Gasteiger partial charge on any atom is -0.493 e. The molecule has 166 valence electrons. The zero-order chi connectivity index (χ0) is 23.3. The second-order valence-corrected chi connectivity index (χ2v) is 8.77. The van der Waals surface area contributed by atoms with E-state index in [4.69, 9.17) is 32.7 Å². The van der Waals surface area contributed by atoms with Crippen molar-refractivity contribution in [2.75, 3.05) is 7.11 Å². The lowest BCUT2D eigenvalue weighted by molar-refractivity contribution is 0.0955. The van der Waals surface area contributed by atoms with Gasteiger partial charge in [0.15, 0.2) is 11.5 Å². The van der Waals surface area contributed by atoms with Gasteiger partial charge in [-0.2, -0.15) is 5.10 Å². The molecule has 0 unspecified atom stereocenters. The lowest BCUT2D eigenvalue weighted by Crippen LogP contribution is -2.17. The molecule has 1 amide bonds. The molecule has 0 saturated heterocycles. The topological polar surface area (TPSA) is 59.9 Å². The largest absolute Gasteiger partial charge is 0.493 e.